The van der Waals surface area contributed by atoms with Crippen LogP contribution in [0.4, 0.5) is 5.69 Å². The standard InChI is InChI=1S/C21H27N/c1-3-4-10-19-14-18(13-17-8-6-5-7-9-17)15-20-16(2)11-12-22-21(19)20/h5-9,14-16,22H,3-4,10-13H2,1-2H3. The van der Waals surface area contributed by atoms with E-state index in [1.54, 1.807) is 0 Å². The summed E-state index contributed by atoms with van der Waals surface area (Å²) in [6, 6.07) is 15.7. The highest BCUT2D eigenvalue weighted by Crippen LogP contribution is 2.36. The molecular formula is C21H27N. The Morgan fingerprint density at radius 2 is 1.91 bits per heavy atom. The number of aryl methyl sites for hydroxylation is 1. The maximum atomic E-state index is 3.66. The number of nitrogens with one attached hydrogen (secondary N) is 1. The van der Waals surface area contributed by atoms with Gasteiger partial charge in [0.25, 0.3) is 0 Å². The first-order valence-electron chi connectivity index (χ1n) is 8.71. The van der Waals surface area contributed by atoms with E-state index in [9.17, 15) is 0 Å². The first kappa shape index (κ1) is 15.1. The minimum atomic E-state index is 0.673. The molecule has 1 heteroatoms. The molecule has 1 N–H and O–H groups in total. The summed E-state index contributed by atoms with van der Waals surface area (Å²) in [5.41, 5.74) is 7.36. The maximum Gasteiger partial charge on any atom is 0.0408 e. The van der Waals surface area contributed by atoms with Crippen molar-refractivity contribution in [1.82, 2.24) is 0 Å². The molecule has 1 aliphatic rings. The van der Waals surface area contributed by atoms with Crippen molar-refractivity contribution in [3.63, 3.8) is 0 Å². The van der Waals surface area contributed by atoms with E-state index in [0.29, 0.717) is 5.92 Å². The zero-order valence-electron chi connectivity index (χ0n) is 13.9. The van der Waals surface area contributed by atoms with Crippen molar-refractivity contribution < 1.29 is 0 Å². The molecule has 22 heavy (non-hydrogen) atoms. The van der Waals surface area contributed by atoms with Crippen molar-refractivity contribution in [3.8, 4) is 0 Å². The molecule has 0 saturated carbocycles. The van der Waals surface area contributed by atoms with Crippen LogP contribution in [0, 0.1) is 0 Å². The molecule has 116 valence electrons. The van der Waals surface area contributed by atoms with E-state index in [1.165, 1.54) is 53.6 Å². The second-order valence-electron chi connectivity index (χ2n) is 6.60. The van der Waals surface area contributed by atoms with Gasteiger partial charge in [0.1, 0.15) is 0 Å². The summed E-state index contributed by atoms with van der Waals surface area (Å²) < 4.78 is 0. The molecule has 1 atom stereocenters. The third kappa shape index (κ3) is 3.35. The van der Waals surface area contributed by atoms with Gasteiger partial charge in [0.15, 0.2) is 0 Å². The predicted molar refractivity (Wildman–Crippen MR) is 95.8 cm³/mol. The van der Waals surface area contributed by atoms with Crippen LogP contribution in [-0.4, -0.2) is 6.54 Å². The van der Waals surface area contributed by atoms with Crippen LogP contribution in [0.5, 0.6) is 0 Å². The van der Waals surface area contributed by atoms with E-state index in [2.05, 4.69) is 61.6 Å². The van der Waals surface area contributed by atoms with Crippen LogP contribution in [0.25, 0.3) is 0 Å². The summed E-state index contributed by atoms with van der Waals surface area (Å²) in [6.45, 7) is 5.76. The lowest BCUT2D eigenvalue weighted by atomic mass is 9.86. The highest BCUT2D eigenvalue weighted by Gasteiger charge is 2.19. The Labute approximate surface area is 134 Å². The summed E-state index contributed by atoms with van der Waals surface area (Å²) in [5, 5.41) is 3.66. The minimum Gasteiger partial charge on any atom is -0.385 e. The molecule has 1 aliphatic heterocycles. The molecule has 0 aliphatic carbocycles. The molecule has 3 rings (SSSR count). The van der Waals surface area contributed by atoms with E-state index in [-0.39, 0.29) is 0 Å². The number of fused-ring (bicyclic) bond motifs is 1. The first-order chi connectivity index (χ1) is 10.8. The lowest BCUT2D eigenvalue weighted by Gasteiger charge is -2.27. The van der Waals surface area contributed by atoms with Gasteiger partial charge in [-0.2, -0.15) is 0 Å². The molecule has 1 unspecified atom stereocenters. The molecule has 0 amide bonds. The lowest BCUT2D eigenvalue weighted by molar-refractivity contribution is 0.677. The van der Waals surface area contributed by atoms with E-state index in [0.717, 1.165) is 13.0 Å². The Balaban J connectivity index is 1.94. The second-order valence-corrected chi connectivity index (χ2v) is 6.60. The summed E-state index contributed by atoms with van der Waals surface area (Å²) in [6.07, 6.45) is 6.01. The van der Waals surface area contributed by atoms with Gasteiger partial charge in [0.05, 0.1) is 0 Å². The van der Waals surface area contributed by atoms with Gasteiger partial charge in [-0.05, 0) is 53.9 Å². The van der Waals surface area contributed by atoms with Crippen LogP contribution in [0.15, 0.2) is 42.5 Å². The van der Waals surface area contributed by atoms with Gasteiger partial charge < -0.3 is 5.32 Å². The fraction of sp³-hybridized carbons (Fsp3) is 0.429. The Morgan fingerprint density at radius 3 is 2.68 bits per heavy atom. The average Bonchev–Trinajstić information content (AvgIpc) is 2.54. The van der Waals surface area contributed by atoms with Crippen molar-refractivity contribution in [2.75, 3.05) is 11.9 Å². The Hall–Kier alpha value is -1.76. The highest BCUT2D eigenvalue weighted by molar-refractivity contribution is 5.62. The summed E-state index contributed by atoms with van der Waals surface area (Å²) in [5.74, 6) is 0.673. The minimum absolute atomic E-state index is 0.673. The number of hydrogen-bond acceptors (Lipinski definition) is 1. The predicted octanol–water partition coefficient (Wildman–Crippen LogP) is 5.54. The molecule has 0 bridgehead atoms. The molecular weight excluding hydrogens is 266 g/mol. The molecule has 0 fully saturated rings. The molecule has 0 saturated heterocycles. The third-order valence-electron chi connectivity index (χ3n) is 4.77. The van der Waals surface area contributed by atoms with E-state index >= 15 is 0 Å². The van der Waals surface area contributed by atoms with Crippen LogP contribution in [0.2, 0.25) is 0 Å². The number of benzene rings is 2. The van der Waals surface area contributed by atoms with Gasteiger partial charge in [-0.25, -0.2) is 0 Å². The fourth-order valence-electron chi connectivity index (χ4n) is 3.47. The van der Waals surface area contributed by atoms with E-state index < -0.39 is 0 Å². The van der Waals surface area contributed by atoms with Crippen molar-refractivity contribution in [1.29, 1.82) is 0 Å². The van der Waals surface area contributed by atoms with Crippen LogP contribution >= 0.6 is 0 Å². The molecule has 0 aromatic heterocycles. The largest absolute Gasteiger partial charge is 0.385 e. The van der Waals surface area contributed by atoms with Crippen LogP contribution in [-0.2, 0) is 12.8 Å². The topological polar surface area (TPSA) is 12.0 Å². The number of rotatable bonds is 5. The quantitative estimate of drug-likeness (QED) is 0.763. The number of unbranched alkanes of at least 4 members (excludes halogenated alkanes) is 1. The van der Waals surface area contributed by atoms with Crippen LogP contribution in [0.1, 0.15) is 61.3 Å². The Kier molecular flexibility index (Phi) is 4.82. The molecule has 0 radical (unpaired) electrons. The molecule has 2 aromatic carbocycles. The van der Waals surface area contributed by atoms with Crippen molar-refractivity contribution >= 4 is 5.69 Å². The number of anilines is 1. The smallest absolute Gasteiger partial charge is 0.0408 e. The normalized spacial score (nSPS) is 16.9. The van der Waals surface area contributed by atoms with Gasteiger partial charge in [-0.15, -0.1) is 0 Å². The molecule has 0 spiro atoms. The van der Waals surface area contributed by atoms with Crippen molar-refractivity contribution in [3.05, 3.63) is 64.7 Å². The van der Waals surface area contributed by atoms with E-state index in [4.69, 9.17) is 0 Å². The molecule has 1 heterocycles. The van der Waals surface area contributed by atoms with E-state index in [1.807, 2.05) is 0 Å². The summed E-state index contributed by atoms with van der Waals surface area (Å²) in [4.78, 5) is 0. The van der Waals surface area contributed by atoms with Gasteiger partial charge in [0, 0.05) is 12.2 Å². The zero-order chi connectivity index (χ0) is 15.4. The fourth-order valence-corrected chi connectivity index (χ4v) is 3.47. The zero-order valence-corrected chi connectivity index (χ0v) is 13.9. The van der Waals surface area contributed by atoms with Crippen LogP contribution < -0.4 is 5.32 Å². The Bertz CT molecular complexity index is 615. The SMILES string of the molecule is CCCCc1cc(Cc2ccccc2)cc2c1NCCC2C. The van der Waals surface area contributed by atoms with Crippen molar-refractivity contribution in [2.24, 2.45) is 0 Å². The van der Waals surface area contributed by atoms with Gasteiger partial charge in [-0.1, -0.05) is 62.7 Å². The number of hydrogen-bond donors (Lipinski definition) is 1. The molecule has 1 nitrogen and oxygen atoms in total. The monoisotopic (exact) mass is 293 g/mol. The summed E-state index contributed by atoms with van der Waals surface area (Å²) in [7, 11) is 0. The van der Waals surface area contributed by atoms with Gasteiger partial charge >= 0.3 is 0 Å². The van der Waals surface area contributed by atoms with Crippen molar-refractivity contribution in [2.45, 2.75) is 51.9 Å². The average molecular weight is 293 g/mol. The third-order valence-corrected chi connectivity index (χ3v) is 4.77. The maximum absolute atomic E-state index is 3.66. The Morgan fingerprint density at radius 1 is 1.09 bits per heavy atom. The highest BCUT2D eigenvalue weighted by atomic mass is 14.9. The van der Waals surface area contributed by atoms with Crippen LogP contribution in [0.3, 0.4) is 0 Å². The second kappa shape index (κ2) is 7.00. The molecule has 2 aromatic rings. The first-order valence-corrected chi connectivity index (χ1v) is 8.71. The lowest BCUT2D eigenvalue weighted by Crippen LogP contribution is -2.17. The van der Waals surface area contributed by atoms with Gasteiger partial charge in [-0.3, -0.25) is 0 Å². The summed E-state index contributed by atoms with van der Waals surface area (Å²) >= 11 is 0. The van der Waals surface area contributed by atoms with Gasteiger partial charge in [0.2, 0.25) is 0 Å².